The topological polar surface area (TPSA) is 79.2 Å². The third-order valence-corrected chi connectivity index (χ3v) is 6.61. The zero-order valence-corrected chi connectivity index (χ0v) is 21.0. The van der Waals surface area contributed by atoms with Crippen LogP contribution in [-0.2, 0) is 4.79 Å². The van der Waals surface area contributed by atoms with E-state index in [4.69, 9.17) is 4.74 Å². The van der Waals surface area contributed by atoms with Gasteiger partial charge in [0.25, 0.3) is 5.91 Å². The lowest BCUT2D eigenvalue weighted by Gasteiger charge is -2.13. The predicted molar refractivity (Wildman–Crippen MR) is 149 cm³/mol. The van der Waals surface area contributed by atoms with Gasteiger partial charge in [-0.1, -0.05) is 78.9 Å². The number of nitriles is 1. The average Bonchev–Trinajstić information content (AvgIpc) is 2.93. The number of benzene rings is 5. The quantitative estimate of drug-likeness (QED) is 0.107. The highest BCUT2D eigenvalue weighted by Gasteiger charge is 2.18. The van der Waals surface area contributed by atoms with Crippen LogP contribution in [0.5, 0.6) is 5.75 Å². The van der Waals surface area contributed by atoms with Crippen molar-refractivity contribution in [3.63, 3.8) is 0 Å². The summed E-state index contributed by atoms with van der Waals surface area (Å²) in [6, 6.07) is 33.2. The molecule has 0 heterocycles. The minimum atomic E-state index is -0.575. The molecule has 0 aromatic heterocycles. The van der Waals surface area contributed by atoms with Crippen molar-refractivity contribution in [3.8, 4) is 11.8 Å². The summed E-state index contributed by atoms with van der Waals surface area (Å²) < 4.78 is 6.57. The maximum atomic E-state index is 13.3. The molecule has 0 bridgehead atoms. The molecule has 1 amide bonds. The van der Waals surface area contributed by atoms with Crippen molar-refractivity contribution < 1.29 is 14.3 Å². The Morgan fingerprint density at radius 2 is 1.43 bits per heavy atom. The van der Waals surface area contributed by atoms with Crippen LogP contribution in [-0.4, -0.2) is 11.9 Å². The first-order chi connectivity index (χ1) is 18.0. The van der Waals surface area contributed by atoms with Crippen LogP contribution < -0.4 is 10.1 Å². The Labute approximate surface area is 221 Å². The second-order valence-corrected chi connectivity index (χ2v) is 9.07. The molecule has 0 aliphatic heterocycles. The van der Waals surface area contributed by atoms with Crippen molar-refractivity contribution in [2.75, 3.05) is 5.32 Å². The number of anilines is 1. The lowest BCUT2D eigenvalue weighted by Crippen LogP contribution is -2.14. The minimum Gasteiger partial charge on any atom is -0.422 e. The van der Waals surface area contributed by atoms with Crippen molar-refractivity contribution in [3.05, 3.63) is 124 Å². The van der Waals surface area contributed by atoms with Crippen molar-refractivity contribution >= 4 is 61.1 Å². The van der Waals surface area contributed by atoms with Crippen LogP contribution in [0.15, 0.2) is 113 Å². The van der Waals surface area contributed by atoms with Crippen molar-refractivity contribution in [2.45, 2.75) is 0 Å². The lowest BCUT2D eigenvalue weighted by molar-refractivity contribution is -0.112. The van der Waals surface area contributed by atoms with E-state index in [1.54, 1.807) is 36.4 Å². The first kappa shape index (κ1) is 24.0. The van der Waals surface area contributed by atoms with Crippen LogP contribution in [0.1, 0.15) is 15.9 Å². The van der Waals surface area contributed by atoms with E-state index in [0.29, 0.717) is 21.3 Å². The van der Waals surface area contributed by atoms with Crippen molar-refractivity contribution in [2.24, 2.45) is 0 Å². The molecule has 0 aliphatic rings. The maximum Gasteiger partial charge on any atom is 0.344 e. The molecule has 1 N–H and O–H groups in total. The average molecular weight is 547 g/mol. The molecule has 0 unspecified atom stereocenters. The molecule has 0 radical (unpaired) electrons. The molecule has 5 rings (SSSR count). The van der Waals surface area contributed by atoms with Crippen LogP contribution in [0.2, 0.25) is 0 Å². The predicted octanol–water partition coefficient (Wildman–Crippen LogP) is 7.52. The maximum absolute atomic E-state index is 13.3. The number of nitrogens with one attached hydrogen (secondary N) is 1. The molecule has 5 nitrogen and oxygen atoms in total. The van der Waals surface area contributed by atoms with Gasteiger partial charge in [0.15, 0.2) is 0 Å². The summed E-state index contributed by atoms with van der Waals surface area (Å²) in [6.45, 7) is 0. The number of rotatable bonds is 5. The van der Waals surface area contributed by atoms with Crippen LogP contribution >= 0.6 is 15.9 Å². The first-order valence-electron chi connectivity index (χ1n) is 11.4. The van der Waals surface area contributed by atoms with Gasteiger partial charge in [-0.05, 0) is 67.8 Å². The number of carbonyl (C=O) groups excluding carboxylic acids is 2. The number of esters is 1. The third kappa shape index (κ3) is 4.99. The molecular weight excluding hydrogens is 528 g/mol. The molecule has 0 aliphatic carbocycles. The fourth-order valence-corrected chi connectivity index (χ4v) is 4.50. The normalized spacial score (nSPS) is 11.2. The SMILES string of the molecule is N#C/C(=C\c1c(OC(=O)c2cccc3ccccc23)ccc2ccccc12)C(=O)Nc1ccccc1Br. The fraction of sp³-hybridized carbons (Fsp3) is 0. The van der Waals surface area contributed by atoms with Gasteiger partial charge in [0.2, 0.25) is 0 Å². The molecule has 0 atom stereocenters. The van der Waals surface area contributed by atoms with Gasteiger partial charge < -0.3 is 10.1 Å². The van der Waals surface area contributed by atoms with E-state index in [0.717, 1.165) is 21.5 Å². The number of para-hydroxylation sites is 1. The van der Waals surface area contributed by atoms with Gasteiger partial charge in [-0.25, -0.2) is 4.79 Å². The monoisotopic (exact) mass is 546 g/mol. The highest BCUT2D eigenvalue weighted by Crippen LogP contribution is 2.32. The van der Waals surface area contributed by atoms with Crippen LogP contribution in [0.4, 0.5) is 5.69 Å². The second-order valence-electron chi connectivity index (χ2n) is 8.22. The molecule has 0 spiro atoms. The Morgan fingerprint density at radius 3 is 2.19 bits per heavy atom. The number of amides is 1. The number of ether oxygens (including phenoxy) is 1. The van der Waals surface area contributed by atoms with Gasteiger partial charge in [0.1, 0.15) is 17.4 Å². The van der Waals surface area contributed by atoms with Gasteiger partial charge in [0, 0.05) is 10.0 Å². The molecule has 6 heteroatoms. The van der Waals surface area contributed by atoms with Gasteiger partial charge in [-0.15, -0.1) is 0 Å². The number of nitrogens with zero attached hydrogens (tertiary/aromatic N) is 1. The minimum absolute atomic E-state index is 0.130. The second kappa shape index (κ2) is 10.5. The summed E-state index contributed by atoms with van der Waals surface area (Å²) in [5.41, 5.74) is 1.29. The number of hydrogen-bond donors (Lipinski definition) is 1. The summed E-state index contributed by atoms with van der Waals surface area (Å²) >= 11 is 3.40. The first-order valence-corrected chi connectivity index (χ1v) is 12.2. The van der Waals surface area contributed by atoms with E-state index < -0.39 is 11.9 Å². The highest BCUT2D eigenvalue weighted by molar-refractivity contribution is 9.10. The van der Waals surface area contributed by atoms with E-state index in [2.05, 4.69) is 21.2 Å². The van der Waals surface area contributed by atoms with Crippen LogP contribution in [0.25, 0.3) is 27.6 Å². The number of fused-ring (bicyclic) bond motifs is 2. The summed E-state index contributed by atoms with van der Waals surface area (Å²) in [4.78, 5) is 26.3. The largest absolute Gasteiger partial charge is 0.422 e. The summed E-state index contributed by atoms with van der Waals surface area (Å²) in [7, 11) is 0. The van der Waals surface area contributed by atoms with Crippen LogP contribution in [0.3, 0.4) is 0 Å². The molecule has 37 heavy (non-hydrogen) atoms. The smallest absolute Gasteiger partial charge is 0.344 e. The highest BCUT2D eigenvalue weighted by atomic mass is 79.9. The van der Waals surface area contributed by atoms with Gasteiger partial charge in [-0.2, -0.15) is 5.26 Å². The Hall–Kier alpha value is -4.73. The lowest BCUT2D eigenvalue weighted by atomic mass is 10.0. The van der Waals surface area contributed by atoms with Gasteiger partial charge in [-0.3, -0.25) is 4.79 Å². The molecule has 0 saturated carbocycles. The Morgan fingerprint density at radius 1 is 0.784 bits per heavy atom. The van der Waals surface area contributed by atoms with E-state index in [9.17, 15) is 14.9 Å². The zero-order chi connectivity index (χ0) is 25.8. The zero-order valence-electron chi connectivity index (χ0n) is 19.4. The molecule has 0 fully saturated rings. The van der Waals surface area contributed by atoms with E-state index >= 15 is 0 Å². The fourth-order valence-electron chi connectivity index (χ4n) is 4.12. The van der Waals surface area contributed by atoms with E-state index in [1.165, 1.54) is 6.08 Å². The summed E-state index contributed by atoms with van der Waals surface area (Å²) in [6.07, 6.45) is 1.46. The Bertz CT molecular complexity index is 1750. The molecule has 0 saturated heterocycles. The third-order valence-electron chi connectivity index (χ3n) is 5.92. The standard InChI is InChI=1S/C31H19BrN2O3/c32-27-14-5-6-15-28(27)34-30(35)22(19-33)18-26-24-12-4-2-9-21(24)16-17-29(26)37-31(36)25-13-7-10-20-8-1-3-11-23(20)25/h1-18H,(H,34,35)/b22-18+. The van der Waals surface area contributed by atoms with Crippen molar-refractivity contribution in [1.29, 1.82) is 5.26 Å². The molecule has 5 aromatic carbocycles. The molecular formula is C31H19BrN2O3. The van der Waals surface area contributed by atoms with Crippen LogP contribution in [0, 0.1) is 11.3 Å². The summed E-state index contributed by atoms with van der Waals surface area (Å²) in [5, 5.41) is 15.9. The summed E-state index contributed by atoms with van der Waals surface area (Å²) in [5.74, 6) is -0.857. The number of carbonyl (C=O) groups is 2. The molecule has 5 aromatic rings. The number of hydrogen-bond acceptors (Lipinski definition) is 4. The molecule has 178 valence electrons. The number of halogens is 1. The van der Waals surface area contributed by atoms with Gasteiger partial charge >= 0.3 is 5.97 Å². The van der Waals surface area contributed by atoms with Gasteiger partial charge in [0.05, 0.1) is 11.3 Å². The van der Waals surface area contributed by atoms with E-state index in [1.807, 2.05) is 72.8 Å². The van der Waals surface area contributed by atoms with Crippen molar-refractivity contribution in [1.82, 2.24) is 0 Å². The Kier molecular flexibility index (Phi) is 6.80. The van der Waals surface area contributed by atoms with E-state index in [-0.39, 0.29) is 11.3 Å². The Balaban J connectivity index is 1.57.